The van der Waals surface area contributed by atoms with Crippen LogP contribution in [0.2, 0.25) is 0 Å². The molecular weight excluding hydrogens is 383 g/mol. The number of amides is 1. The van der Waals surface area contributed by atoms with Crippen LogP contribution >= 0.6 is 34.4 Å². The number of carbonyl (C=O) groups excluding carboxylic acids is 1. The summed E-state index contributed by atoms with van der Waals surface area (Å²) in [5, 5.41) is 12.3. The molecule has 0 bridgehead atoms. The molecule has 2 heterocycles. The molecule has 1 atom stereocenters. The van der Waals surface area contributed by atoms with Gasteiger partial charge in [0.25, 0.3) is 0 Å². The van der Waals surface area contributed by atoms with Gasteiger partial charge in [-0.3, -0.25) is 4.79 Å². The molecule has 0 fully saturated rings. The smallest absolute Gasteiger partial charge is 0.239 e. The zero-order chi connectivity index (χ0) is 17.8. The number of benzene rings is 1. The first kappa shape index (κ1) is 17.8. The van der Waals surface area contributed by atoms with E-state index < -0.39 is 5.82 Å². The summed E-state index contributed by atoms with van der Waals surface area (Å²) in [5.41, 5.74) is 2.83. The molecule has 2 aromatic heterocycles. The average molecular weight is 396 g/mol. The summed E-state index contributed by atoms with van der Waals surface area (Å²) in [7, 11) is 1.41. The number of aromatic nitrogens is 3. The Morgan fingerprint density at radius 3 is 2.92 bits per heavy atom. The summed E-state index contributed by atoms with van der Waals surface area (Å²) in [6, 6.07) is 4.62. The van der Waals surface area contributed by atoms with Crippen LogP contribution in [-0.2, 0) is 4.79 Å². The van der Waals surface area contributed by atoms with Gasteiger partial charge in [-0.1, -0.05) is 23.1 Å². The molecule has 0 saturated heterocycles. The predicted molar refractivity (Wildman–Crippen MR) is 97.9 cm³/mol. The molecule has 6 nitrogen and oxygen atoms in total. The zero-order valence-corrected chi connectivity index (χ0v) is 15.7. The van der Waals surface area contributed by atoms with E-state index in [0.717, 1.165) is 4.34 Å². The Labute approximate surface area is 155 Å². The van der Waals surface area contributed by atoms with Crippen LogP contribution < -0.4 is 10.1 Å². The first-order chi connectivity index (χ1) is 12.1. The van der Waals surface area contributed by atoms with Crippen molar-refractivity contribution in [3.05, 3.63) is 34.9 Å². The van der Waals surface area contributed by atoms with Crippen molar-refractivity contribution in [2.45, 2.75) is 16.5 Å². The fourth-order valence-electron chi connectivity index (χ4n) is 1.92. The van der Waals surface area contributed by atoms with Gasteiger partial charge < -0.3 is 10.1 Å². The average Bonchev–Trinajstić information content (AvgIpc) is 3.26. The van der Waals surface area contributed by atoms with Crippen molar-refractivity contribution in [1.29, 1.82) is 0 Å². The van der Waals surface area contributed by atoms with Gasteiger partial charge >= 0.3 is 0 Å². The Morgan fingerprint density at radius 2 is 2.24 bits per heavy atom. The molecule has 0 aliphatic heterocycles. The van der Waals surface area contributed by atoms with Crippen LogP contribution in [-0.4, -0.2) is 33.4 Å². The number of ether oxygens (including phenoxy) is 1. The maximum Gasteiger partial charge on any atom is 0.239 e. The summed E-state index contributed by atoms with van der Waals surface area (Å²) >= 11 is 4.00. The molecule has 3 rings (SSSR count). The van der Waals surface area contributed by atoms with Gasteiger partial charge in [0, 0.05) is 10.9 Å². The Hall–Kier alpha value is -2.04. The Balaban J connectivity index is 1.67. The van der Waals surface area contributed by atoms with Crippen LogP contribution in [0.4, 0.5) is 9.52 Å². The van der Waals surface area contributed by atoms with Crippen molar-refractivity contribution in [2.24, 2.45) is 0 Å². The highest BCUT2D eigenvalue weighted by atomic mass is 32.2. The molecule has 0 aliphatic carbocycles. The Morgan fingerprint density at radius 1 is 1.40 bits per heavy atom. The van der Waals surface area contributed by atoms with E-state index in [4.69, 9.17) is 4.74 Å². The standard InChI is InChI=1S/C15H13FN4O2S3/c1-8(25-15-20-17-7-24-15)13(21)19-14-18-11(6-23-14)9-3-4-12(22-2)10(16)5-9/h3-8H,1-2H3,(H,18,19,21)/t8-/m0/s1. The normalized spacial score (nSPS) is 12.0. The van der Waals surface area contributed by atoms with Crippen LogP contribution in [0.25, 0.3) is 11.3 Å². The first-order valence-corrected chi connectivity index (χ1v) is 9.74. The van der Waals surface area contributed by atoms with E-state index in [1.807, 2.05) is 0 Å². The lowest BCUT2D eigenvalue weighted by Crippen LogP contribution is -2.22. The number of thioether (sulfide) groups is 1. The van der Waals surface area contributed by atoms with Crippen molar-refractivity contribution in [3.63, 3.8) is 0 Å². The van der Waals surface area contributed by atoms with E-state index in [1.165, 1.54) is 47.6 Å². The third kappa shape index (κ3) is 4.33. The second-order valence-corrected chi connectivity index (χ2v) is 8.12. The van der Waals surface area contributed by atoms with Crippen molar-refractivity contribution in [2.75, 3.05) is 12.4 Å². The molecule has 1 amide bonds. The minimum Gasteiger partial charge on any atom is -0.494 e. The van der Waals surface area contributed by atoms with Gasteiger partial charge in [0.05, 0.1) is 18.1 Å². The van der Waals surface area contributed by atoms with E-state index in [0.29, 0.717) is 16.4 Å². The molecule has 1 N–H and O–H groups in total. The predicted octanol–water partition coefficient (Wildman–Crippen LogP) is 3.93. The van der Waals surface area contributed by atoms with E-state index in [2.05, 4.69) is 20.5 Å². The summed E-state index contributed by atoms with van der Waals surface area (Å²) in [4.78, 5) is 16.6. The summed E-state index contributed by atoms with van der Waals surface area (Å²) < 4.78 is 19.4. The van der Waals surface area contributed by atoms with Gasteiger partial charge in [-0.2, -0.15) is 0 Å². The topological polar surface area (TPSA) is 77.0 Å². The van der Waals surface area contributed by atoms with Crippen LogP contribution in [0.15, 0.2) is 33.4 Å². The van der Waals surface area contributed by atoms with Crippen molar-refractivity contribution < 1.29 is 13.9 Å². The van der Waals surface area contributed by atoms with E-state index in [9.17, 15) is 9.18 Å². The van der Waals surface area contributed by atoms with Crippen LogP contribution in [0.3, 0.4) is 0 Å². The molecule has 0 spiro atoms. The lowest BCUT2D eigenvalue weighted by atomic mass is 10.1. The fourth-order valence-corrected chi connectivity index (χ4v) is 4.26. The number of nitrogens with zero attached hydrogens (tertiary/aromatic N) is 3. The molecule has 130 valence electrons. The molecule has 0 aliphatic rings. The lowest BCUT2D eigenvalue weighted by molar-refractivity contribution is -0.115. The van der Waals surface area contributed by atoms with E-state index >= 15 is 0 Å². The number of thiazole rings is 1. The Kier molecular flexibility index (Phi) is 5.61. The molecule has 3 aromatic rings. The number of anilines is 1. The minimum absolute atomic E-state index is 0.176. The second kappa shape index (κ2) is 7.89. The van der Waals surface area contributed by atoms with Gasteiger partial charge in [0.2, 0.25) is 5.91 Å². The van der Waals surface area contributed by atoms with Gasteiger partial charge in [-0.15, -0.1) is 21.5 Å². The summed E-state index contributed by atoms with van der Waals surface area (Å²) in [6.45, 7) is 1.79. The van der Waals surface area contributed by atoms with Crippen molar-refractivity contribution >= 4 is 45.5 Å². The van der Waals surface area contributed by atoms with Crippen molar-refractivity contribution in [1.82, 2.24) is 15.2 Å². The lowest BCUT2D eigenvalue weighted by Gasteiger charge is -2.07. The van der Waals surface area contributed by atoms with Crippen LogP contribution in [0.5, 0.6) is 5.75 Å². The molecular formula is C15H13FN4O2S3. The molecule has 0 saturated carbocycles. The zero-order valence-electron chi connectivity index (χ0n) is 13.2. The molecule has 0 unspecified atom stereocenters. The SMILES string of the molecule is COc1ccc(-c2csc(NC(=O)[C@H](C)Sc3nncs3)n2)cc1F. The number of halogens is 1. The van der Waals surface area contributed by atoms with Crippen molar-refractivity contribution in [3.8, 4) is 17.0 Å². The van der Waals surface area contributed by atoms with Gasteiger partial charge in [-0.25, -0.2) is 9.37 Å². The maximum absolute atomic E-state index is 13.8. The van der Waals surface area contributed by atoms with E-state index in [1.54, 1.807) is 29.9 Å². The number of carbonyl (C=O) groups is 1. The first-order valence-electron chi connectivity index (χ1n) is 7.10. The maximum atomic E-state index is 13.8. The molecule has 25 heavy (non-hydrogen) atoms. The van der Waals surface area contributed by atoms with E-state index in [-0.39, 0.29) is 16.9 Å². The largest absolute Gasteiger partial charge is 0.494 e. The Bertz CT molecular complexity index is 870. The number of nitrogens with one attached hydrogen (secondary N) is 1. The van der Waals surface area contributed by atoms with Crippen LogP contribution in [0, 0.1) is 5.82 Å². The molecule has 10 heteroatoms. The third-order valence-corrected chi connectivity index (χ3v) is 5.84. The number of hydrogen-bond donors (Lipinski definition) is 1. The molecule has 1 aromatic carbocycles. The highest BCUT2D eigenvalue weighted by Gasteiger charge is 2.18. The van der Waals surface area contributed by atoms with Gasteiger partial charge in [-0.05, 0) is 25.1 Å². The monoisotopic (exact) mass is 396 g/mol. The second-order valence-electron chi connectivity index (χ2n) is 4.84. The minimum atomic E-state index is -0.458. The van der Waals surface area contributed by atoms with Gasteiger partial charge in [0.1, 0.15) is 5.51 Å². The number of rotatable bonds is 6. The van der Waals surface area contributed by atoms with Crippen LogP contribution in [0.1, 0.15) is 6.92 Å². The quantitative estimate of drug-likeness (QED) is 0.636. The highest BCUT2D eigenvalue weighted by molar-refractivity contribution is 8.02. The number of methoxy groups -OCH3 is 1. The molecule has 0 radical (unpaired) electrons. The highest BCUT2D eigenvalue weighted by Crippen LogP contribution is 2.29. The summed E-state index contributed by atoms with van der Waals surface area (Å²) in [5.74, 6) is -0.460. The fraction of sp³-hybridized carbons (Fsp3) is 0.200. The summed E-state index contributed by atoms with van der Waals surface area (Å²) in [6.07, 6.45) is 0. The third-order valence-electron chi connectivity index (χ3n) is 3.17. The van der Waals surface area contributed by atoms with Gasteiger partial charge in [0.15, 0.2) is 21.0 Å². The number of hydrogen-bond acceptors (Lipinski definition) is 8.